The normalized spacial score (nSPS) is 17.7. The highest BCUT2D eigenvalue weighted by Gasteiger charge is 2.35. The van der Waals surface area contributed by atoms with E-state index < -0.39 is 32.5 Å². The number of nitrogens with zero attached hydrogens (tertiary/aromatic N) is 1. The Bertz CT molecular complexity index is 1220. The lowest BCUT2D eigenvalue weighted by Gasteiger charge is -2.24. The molecule has 1 aliphatic heterocycles. The summed E-state index contributed by atoms with van der Waals surface area (Å²) >= 11 is 0. The fourth-order valence-electron chi connectivity index (χ4n) is 5.87. The number of hydrogen-bond acceptors (Lipinski definition) is 8. The summed E-state index contributed by atoms with van der Waals surface area (Å²) < 4.78 is 40.0. The number of carbonyl (C=O) groups excluding carboxylic acids is 2. The summed E-state index contributed by atoms with van der Waals surface area (Å²) in [5, 5.41) is 0. The molecule has 0 aromatic heterocycles. The predicted molar refractivity (Wildman–Crippen MR) is 233 cm³/mol. The maximum Gasteiger partial charge on any atom is 0.472 e. The van der Waals surface area contributed by atoms with Gasteiger partial charge in [-0.25, -0.2) is 4.57 Å². The van der Waals surface area contributed by atoms with Crippen molar-refractivity contribution in [3.05, 3.63) is 60.8 Å². The molecule has 0 saturated carbocycles. The molecule has 4 atom stereocenters. The molecule has 1 aliphatic rings. The minimum absolute atomic E-state index is 0.0105. The third-order valence-corrected chi connectivity index (χ3v) is 10.5. The lowest BCUT2D eigenvalue weighted by Crippen LogP contribution is -2.37. The second kappa shape index (κ2) is 34.5. The third kappa shape index (κ3) is 35.3. The van der Waals surface area contributed by atoms with E-state index in [1.807, 2.05) is 51.5 Å². The minimum atomic E-state index is -4.41. The Hall–Kier alpha value is -2.33. The van der Waals surface area contributed by atoms with Gasteiger partial charge in [-0.2, -0.15) is 0 Å². The summed E-state index contributed by atoms with van der Waals surface area (Å²) in [7, 11) is 1.40. The Morgan fingerprint density at radius 3 is 1.95 bits per heavy atom. The molecule has 57 heavy (non-hydrogen) atoms. The average Bonchev–Trinajstić information content (AvgIpc) is 3.91. The molecule has 4 unspecified atom stereocenters. The van der Waals surface area contributed by atoms with Crippen LogP contribution in [-0.2, 0) is 37.4 Å². The number of phosphoric ester groups is 1. The minimum Gasteiger partial charge on any atom is -0.462 e. The van der Waals surface area contributed by atoms with Gasteiger partial charge in [-0.1, -0.05) is 139 Å². The first-order valence-electron chi connectivity index (χ1n) is 22.2. The number of carbonyl (C=O) groups is 2. The number of esters is 2. The van der Waals surface area contributed by atoms with E-state index in [4.69, 9.17) is 23.3 Å². The maximum atomic E-state index is 12.8. The van der Waals surface area contributed by atoms with Crippen LogP contribution in [0.5, 0.6) is 0 Å². The number of phosphoric acid groups is 1. The lowest BCUT2D eigenvalue weighted by atomic mass is 10.1. The second-order valence-corrected chi connectivity index (χ2v) is 17.6. The Morgan fingerprint density at radius 2 is 1.26 bits per heavy atom. The molecule has 0 radical (unpaired) electrons. The summed E-state index contributed by atoms with van der Waals surface area (Å²) in [5.74, 6) is -0.907. The van der Waals surface area contributed by atoms with Crippen molar-refractivity contribution in [3.63, 3.8) is 0 Å². The van der Waals surface area contributed by atoms with Gasteiger partial charge < -0.3 is 23.6 Å². The standard InChI is InChI=1S/C46H80NO9P/c1-6-8-10-12-14-16-18-20-21-22-24-26-28-30-32-36-45(48)52-40-42(41-54-57(50,51)53-39-38-47(3,4)5)55-46(49)37-33-35-44-43(56-44)34-31-29-27-25-23-19-17-15-13-11-9-7-2/h15,17,20-21,23,25,27,29,31,34,42-44H,6-14,16,18-19,22,24,26,28,30,32-33,35-41H2,1-5H3/p+1/b17-15+,21-20-,25-23+,29-27-,34-31-. The number of rotatable bonds is 38. The van der Waals surface area contributed by atoms with Crippen molar-refractivity contribution in [2.75, 3.05) is 47.5 Å². The molecule has 0 aliphatic carbocycles. The molecule has 11 heteroatoms. The molecule has 0 aromatic carbocycles. The van der Waals surface area contributed by atoms with E-state index >= 15 is 0 Å². The van der Waals surface area contributed by atoms with Crippen LogP contribution >= 0.6 is 7.82 Å². The molecule has 0 amide bonds. The smallest absolute Gasteiger partial charge is 0.462 e. The highest BCUT2D eigenvalue weighted by atomic mass is 31.2. The molecule has 1 N–H and O–H groups in total. The summed E-state index contributed by atoms with van der Waals surface area (Å²) in [6.45, 7) is 4.25. The Kier molecular flexibility index (Phi) is 31.9. The fraction of sp³-hybridized carbons (Fsp3) is 0.739. The number of ether oxygens (including phenoxy) is 3. The van der Waals surface area contributed by atoms with Crippen molar-refractivity contribution in [2.24, 2.45) is 0 Å². The molecular weight excluding hydrogens is 741 g/mol. The lowest BCUT2D eigenvalue weighted by molar-refractivity contribution is -0.870. The van der Waals surface area contributed by atoms with Crippen molar-refractivity contribution in [1.82, 2.24) is 0 Å². The van der Waals surface area contributed by atoms with Gasteiger partial charge in [-0.05, 0) is 64.2 Å². The van der Waals surface area contributed by atoms with E-state index in [2.05, 4.69) is 44.2 Å². The molecule has 1 rings (SSSR count). The van der Waals surface area contributed by atoms with Crippen molar-refractivity contribution < 1.29 is 46.8 Å². The first-order valence-corrected chi connectivity index (χ1v) is 23.7. The van der Waals surface area contributed by atoms with Crippen LogP contribution in [0.25, 0.3) is 0 Å². The van der Waals surface area contributed by atoms with E-state index in [9.17, 15) is 19.0 Å². The predicted octanol–water partition coefficient (Wildman–Crippen LogP) is 11.5. The molecule has 0 spiro atoms. The first kappa shape index (κ1) is 52.7. The highest BCUT2D eigenvalue weighted by molar-refractivity contribution is 7.47. The van der Waals surface area contributed by atoms with E-state index in [-0.39, 0.29) is 38.3 Å². The molecule has 1 heterocycles. The summed E-state index contributed by atoms with van der Waals surface area (Å²) in [4.78, 5) is 35.5. The number of hydrogen-bond donors (Lipinski definition) is 1. The maximum absolute atomic E-state index is 12.8. The van der Waals surface area contributed by atoms with Crippen LogP contribution in [0.1, 0.15) is 155 Å². The van der Waals surface area contributed by atoms with Gasteiger partial charge in [0.1, 0.15) is 25.9 Å². The van der Waals surface area contributed by atoms with Crippen molar-refractivity contribution in [3.8, 4) is 0 Å². The highest BCUT2D eigenvalue weighted by Crippen LogP contribution is 2.43. The monoisotopic (exact) mass is 823 g/mol. The zero-order valence-corrected chi connectivity index (χ0v) is 37.4. The molecule has 10 nitrogen and oxygen atoms in total. The first-order chi connectivity index (χ1) is 27.5. The quantitative estimate of drug-likeness (QED) is 0.0123. The molecule has 1 fully saturated rings. The molecule has 1 saturated heterocycles. The SMILES string of the molecule is CCCCC/C=C/C/C=C/C=C\C=C/C1OC1CCCC(=O)OC(COC(=O)CCCCCCC/C=C\CCCCCCCC)COP(=O)(O)OCC[N+](C)(C)C. The van der Waals surface area contributed by atoms with Crippen molar-refractivity contribution in [1.29, 1.82) is 0 Å². The zero-order valence-electron chi connectivity index (χ0n) is 36.5. The van der Waals surface area contributed by atoms with Gasteiger partial charge in [-0.15, -0.1) is 0 Å². The molecular formula is C46H81NO9P+. The summed E-state index contributed by atoms with van der Waals surface area (Å²) in [6.07, 6.45) is 42.9. The van der Waals surface area contributed by atoms with Crippen LogP contribution in [0.15, 0.2) is 60.8 Å². The second-order valence-electron chi connectivity index (χ2n) is 16.2. The van der Waals surface area contributed by atoms with E-state index in [1.54, 1.807) is 0 Å². The van der Waals surface area contributed by atoms with E-state index in [0.29, 0.717) is 30.3 Å². The van der Waals surface area contributed by atoms with Crippen molar-refractivity contribution in [2.45, 2.75) is 173 Å². The van der Waals surface area contributed by atoms with Gasteiger partial charge in [0, 0.05) is 12.8 Å². The van der Waals surface area contributed by atoms with Crippen molar-refractivity contribution >= 4 is 19.8 Å². The van der Waals surface area contributed by atoms with Gasteiger partial charge in [0.25, 0.3) is 0 Å². The third-order valence-electron chi connectivity index (χ3n) is 9.49. The van der Waals surface area contributed by atoms with E-state index in [1.165, 1.54) is 64.2 Å². The fourth-order valence-corrected chi connectivity index (χ4v) is 6.61. The molecule has 0 aromatic rings. The van der Waals surface area contributed by atoms with Crippen LogP contribution in [-0.4, -0.2) is 87.1 Å². The number of likely N-dealkylation sites (N-methyl/N-ethyl adjacent to an activating group) is 1. The van der Waals surface area contributed by atoms with Crippen LogP contribution in [0.2, 0.25) is 0 Å². The largest absolute Gasteiger partial charge is 0.472 e. The van der Waals surface area contributed by atoms with Crippen LogP contribution in [0.3, 0.4) is 0 Å². The van der Waals surface area contributed by atoms with Crippen LogP contribution < -0.4 is 0 Å². The average molecular weight is 823 g/mol. The Balaban J connectivity index is 2.38. The van der Waals surface area contributed by atoms with Crippen LogP contribution in [0.4, 0.5) is 0 Å². The van der Waals surface area contributed by atoms with Gasteiger partial charge in [0.15, 0.2) is 6.10 Å². The summed E-state index contributed by atoms with van der Waals surface area (Å²) in [5.41, 5.74) is 0. The van der Waals surface area contributed by atoms with Gasteiger partial charge >= 0.3 is 19.8 Å². The van der Waals surface area contributed by atoms with Gasteiger partial charge in [0.2, 0.25) is 0 Å². The van der Waals surface area contributed by atoms with Gasteiger partial charge in [0.05, 0.1) is 33.9 Å². The van der Waals surface area contributed by atoms with E-state index in [0.717, 1.165) is 44.9 Å². The Morgan fingerprint density at radius 1 is 0.684 bits per heavy atom. The summed E-state index contributed by atoms with van der Waals surface area (Å²) in [6, 6.07) is 0. The topological polar surface area (TPSA) is 121 Å². The number of allylic oxidation sites excluding steroid dienone is 9. The molecule has 328 valence electrons. The van der Waals surface area contributed by atoms with Gasteiger partial charge in [-0.3, -0.25) is 18.6 Å². The molecule has 0 bridgehead atoms. The number of epoxide rings is 1. The van der Waals surface area contributed by atoms with Crippen LogP contribution in [0, 0.1) is 0 Å². The number of unbranched alkanes of at least 4 members (excludes halogenated alkanes) is 14. The zero-order chi connectivity index (χ0) is 41.9. The number of quaternary nitrogens is 1. The Labute approximate surface area is 347 Å².